The first-order chi connectivity index (χ1) is 11.1. The first-order valence-corrected chi connectivity index (χ1v) is 7.98. The summed E-state index contributed by atoms with van der Waals surface area (Å²) < 4.78 is 7.70. The van der Waals surface area contributed by atoms with Gasteiger partial charge in [0.25, 0.3) is 5.56 Å². The topological polar surface area (TPSA) is 93.7 Å². The van der Waals surface area contributed by atoms with E-state index < -0.39 is 29.7 Å². The molecule has 2 N–H and O–H groups in total. The minimum Gasteiger partial charge on any atom is -0.394 e. The molecule has 0 amide bonds. The molecule has 0 bridgehead atoms. The average molecular weight is 336 g/mol. The van der Waals surface area contributed by atoms with Gasteiger partial charge in [-0.2, -0.15) is 0 Å². The monoisotopic (exact) mass is 336 g/mol. The fraction of sp³-hybridized carbons (Fsp3) is 0.333. The second-order valence-electron chi connectivity index (χ2n) is 5.16. The molecule has 0 saturated carbocycles. The highest BCUT2D eigenvalue weighted by molar-refractivity contribution is 7.10. The number of thiophene rings is 1. The van der Waals surface area contributed by atoms with Crippen LogP contribution in [0.1, 0.15) is 17.5 Å². The molecular weight excluding hydrogens is 320 g/mol. The third-order valence-corrected chi connectivity index (χ3v) is 4.51. The number of aliphatic hydroxyl groups is 2. The van der Waals surface area contributed by atoms with Crippen molar-refractivity contribution in [2.75, 3.05) is 6.61 Å². The summed E-state index contributed by atoms with van der Waals surface area (Å²) in [5, 5.41) is 20.8. The van der Waals surface area contributed by atoms with Gasteiger partial charge in [-0.3, -0.25) is 9.36 Å². The van der Waals surface area contributed by atoms with E-state index in [1.165, 1.54) is 34.4 Å². The van der Waals surface area contributed by atoms with Gasteiger partial charge in [0.05, 0.1) is 12.7 Å². The molecule has 23 heavy (non-hydrogen) atoms. The number of aliphatic hydroxyl groups excluding tert-OH is 2. The van der Waals surface area contributed by atoms with Gasteiger partial charge in [-0.15, -0.1) is 11.3 Å². The molecule has 0 unspecified atom stereocenters. The largest absolute Gasteiger partial charge is 0.394 e. The van der Waals surface area contributed by atoms with Crippen LogP contribution in [0.5, 0.6) is 0 Å². The zero-order chi connectivity index (χ0) is 16.4. The van der Waals surface area contributed by atoms with Gasteiger partial charge in [-0.25, -0.2) is 9.36 Å². The number of hydrogen-bond acceptors (Lipinski definition) is 6. The van der Waals surface area contributed by atoms with Crippen molar-refractivity contribution in [2.24, 2.45) is 0 Å². The number of aromatic nitrogens is 2. The lowest BCUT2D eigenvalue weighted by molar-refractivity contribution is -0.0460. The van der Waals surface area contributed by atoms with E-state index in [9.17, 15) is 14.7 Å². The maximum Gasteiger partial charge on any atom is 0.337 e. The van der Waals surface area contributed by atoms with Crippen molar-refractivity contribution in [3.05, 3.63) is 55.5 Å². The number of nitrogens with zero attached hydrogens (tertiary/aromatic N) is 2. The number of ether oxygens (including phenoxy) is 1. The second-order valence-corrected chi connectivity index (χ2v) is 6.14. The Kier molecular flexibility index (Phi) is 4.58. The van der Waals surface area contributed by atoms with Crippen LogP contribution < -0.4 is 11.2 Å². The van der Waals surface area contributed by atoms with Crippen molar-refractivity contribution >= 4 is 23.6 Å². The molecule has 8 heteroatoms. The lowest BCUT2D eigenvalue weighted by Gasteiger charge is -2.15. The molecule has 1 aliphatic heterocycles. The molecule has 0 aromatic carbocycles. The quantitative estimate of drug-likeness (QED) is 0.840. The zero-order valence-corrected chi connectivity index (χ0v) is 12.9. The van der Waals surface area contributed by atoms with Crippen LogP contribution in [-0.2, 0) is 4.74 Å². The third-order valence-electron chi connectivity index (χ3n) is 3.67. The zero-order valence-electron chi connectivity index (χ0n) is 12.1. The molecular formula is C15H16N2O5S. The lowest BCUT2D eigenvalue weighted by Crippen LogP contribution is -2.38. The molecule has 0 spiro atoms. The smallest absolute Gasteiger partial charge is 0.337 e. The van der Waals surface area contributed by atoms with E-state index in [-0.39, 0.29) is 13.0 Å². The van der Waals surface area contributed by atoms with Gasteiger partial charge < -0.3 is 14.9 Å². The van der Waals surface area contributed by atoms with Crippen LogP contribution in [0.3, 0.4) is 0 Å². The minimum absolute atomic E-state index is 0.179. The fourth-order valence-corrected chi connectivity index (χ4v) is 3.06. The summed E-state index contributed by atoms with van der Waals surface area (Å²) in [6.45, 7) is -0.329. The summed E-state index contributed by atoms with van der Waals surface area (Å²) in [6, 6.07) is 5.01. The van der Waals surface area contributed by atoms with Crippen LogP contribution in [0.15, 0.2) is 39.4 Å². The maximum atomic E-state index is 12.5. The van der Waals surface area contributed by atoms with Crippen LogP contribution in [-0.4, -0.2) is 38.2 Å². The summed E-state index contributed by atoms with van der Waals surface area (Å²) >= 11 is 1.49. The van der Waals surface area contributed by atoms with E-state index in [2.05, 4.69) is 0 Å². The Morgan fingerprint density at radius 3 is 2.87 bits per heavy atom. The summed E-state index contributed by atoms with van der Waals surface area (Å²) in [5.74, 6) is 0. The van der Waals surface area contributed by atoms with Crippen molar-refractivity contribution in [3.8, 4) is 0 Å². The van der Waals surface area contributed by atoms with E-state index in [0.717, 1.165) is 9.44 Å². The first-order valence-electron chi connectivity index (χ1n) is 7.10. The SMILES string of the molecule is O=c1ccn([C@H]2C[C@H](O)[C@@H](CO)O2)c(=O)n1/C=C/c1cccs1. The summed E-state index contributed by atoms with van der Waals surface area (Å²) in [4.78, 5) is 25.3. The summed E-state index contributed by atoms with van der Waals surface area (Å²) in [6.07, 6.45) is 2.33. The summed E-state index contributed by atoms with van der Waals surface area (Å²) in [5.41, 5.74) is -1.00. The van der Waals surface area contributed by atoms with Gasteiger partial charge in [0.2, 0.25) is 0 Å². The van der Waals surface area contributed by atoms with Gasteiger partial charge in [0.15, 0.2) is 0 Å². The predicted octanol–water partition coefficient (Wildman–Crippen LogP) is 0.340. The van der Waals surface area contributed by atoms with Crippen molar-refractivity contribution in [1.82, 2.24) is 9.13 Å². The molecule has 1 saturated heterocycles. The number of hydrogen-bond donors (Lipinski definition) is 2. The Bertz CT molecular complexity index is 808. The van der Waals surface area contributed by atoms with Crippen LogP contribution >= 0.6 is 11.3 Å². The second kappa shape index (κ2) is 6.63. The van der Waals surface area contributed by atoms with Crippen LogP contribution in [0.4, 0.5) is 0 Å². The molecule has 3 rings (SSSR count). The minimum atomic E-state index is -0.848. The molecule has 1 fully saturated rings. The predicted molar refractivity (Wildman–Crippen MR) is 86.1 cm³/mol. The Morgan fingerprint density at radius 2 is 2.22 bits per heavy atom. The van der Waals surface area contributed by atoms with Crippen molar-refractivity contribution in [3.63, 3.8) is 0 Å². The molecule has 0 aliphatic carbocycles. The highest BCUT2D eigenvalue weighted by atomic mass is 32.1. The van der Waals surface area contributed by atoms with E-state index in [1.54, 1.807) is 6.08 Å². The van der Waals surface area contributed by atoms with Gasteiger partial charge in [-0.1, -0.05) is 6.07 Å². The molecule has 1 aliphatic rings. The van der Waals surface area contributed by atoms with Gasteiger partial charge in [0, 0.05) is 29.8 Å². The first kappa shape index (κ1) is 15.9. The van der Waals surface area contributed by atoms with E-state index in [4.69, 9.17) is 9.84 Å². The summed E-state index contributed by atoms with van der Waals surface area (Å²) in [7, 11) is 0. The van der Waals surface area contributed by atoms with E-state index >= 15 is 0 Å². The Labute approximate surface area is 135 Å². The Morgan fingerprint density at radius 1 is 1.39 bits per heavy atom. The maximum absolute atomic E-state index is 12.5. The van der Waals surface area contributed by atoms with Gasteiger partial charge >= 0.3 is 5.69 Å². The highest BCUT2D eigenvalue weighted by Gasteiger charge is 2.35. The molecule has 2 aromatic heterocycles. The highest BCUT2D eigenvalue weighted by Crippen LogP contribution is 2.27. The molecule has 2 aromatic rings. The van der Waals surface area contributed by atoms with Crippen molar-refractivity contribution in [1.29, 1.82) is 0 Å². The molecule has 7 nitrogen and oxygen atoms in total. The van der Waals surface area contributed by atoms with Crippen LogP contribution in [0.25, 0.3) is 12.3 Å². The Hall–Kier alpha value is -2.00. The van der Waals surface area contributed by atoms with E-state index in [0.29, 0.717) is 0 Å². The van der Waals surface area contributed by atoms with Crippen molar-refractivity contribution < 1.29 is 14.9 Å². The van der Waals surface area contributed by atoms with Crippen LogP contribution in [0, 0.1) is 0 Å². The molecule has 3 heterocycles. The standard InChI is InChI=1S/C15H16N2O5S/c18-9-12-11(19)8-14(22-12)17-6-4-13(20)16(15(17)21)5-3-10-2-1-7-23-10/h1-7,11-12,14,18-19H,8-9H2/b5-3+/t11-,12+,14+/m0/s1. The van der Waals surface area contributed by atoms with E-state index in [1.807, 2.05) is 17.5 Å². The lowest BCUT2D eigenvalue weighted by atomic mass is 10.2. The molecule has 3 atom stereocenters. The van der Waals surface area contributed by atoms with Crippen molar-refractivity contribution in [2.45, 2.75) is 24.9 Å². The van der Waals surface area contributed by atoms with Crippen LogP contribution in [0.2, 0.25) is 0 Å². The Balaban J connectivity index is 1.93. The van der Waals surface area contributed by atoms with Gasteiger partial charge in [-0.05, 0) is 17.5 Å². The number of rotatable bonds is 4. The fourth-order valence-electron chi connectivity index (χ4n) is 2.45. The average Bonchev–Trinajstić information content (AvgIpc) is 3.16. The third kappa shape index (κ3) is 3.20. The molecule has 122 valence electrons. The normalized spacial score (nSPS) is 24.5. The molecule has 0 radical (unpaired) electrons. The van der Waals surface area contributed by atoms with Gasteiger partial charge in [0.1, 0.15) is 12.3 Å².